The van der Waals surface area contributed by atoms with Gasteiger partial charge in [-0.2, -0.15) is 0 Å². The molecule has 0 aliphatic rings. The van der Waals surface area contributed by atoms with Gasteiger partial charge in [0.25, 0.3) is 0 Å². The number of nitrogens with two attached hydrogens (primary N) is 1. The van der Waals surface area contributed by atoms with E-state index in [9.17, 15) is 9.18 Å². The van der Waals surface area contributed by atoms with Crippen LogP contribution in [0, 0.1) is 5.82 Å². The largest absolute Gasteiger partial charge is 0.409 e. The van der Waals surface area contributed by atoms with E-state index in [2.05, 4.69) is 15.8 Å². The molecule has 2 amide bonds. The molecule has 0 atom stereocenters. The lowest BCUT2D eigenvalue weighted by atomic mass is 10.2. The highest BCUT2D eigenvalue weighted by Gasteiger charge is 2.05. The molecule has 7 heteroatoms. The lowest BCUT2D eigenvalue weighted by molar-refractivity contribution is 0.262. The lowest BCUT2D eigenvalue weighted by Gasteiger charge is -2.08. The minimum atomic E-state index is -0.530. The van der Waals surface area contributed by atoms with Gasteiger partial charge in [-0.1, -0.05) is 23.4 Å². The van der Waals surface area contributed by atoms with E-state index in [1.807, 2.05) is 0 Å². The zero-order valence-corrected chi connectivity index (χ0v) is 10.9. The summed E-state index contributed by atoms with van der Waals surface area (Å²) >= 11 is 0. The van der Waals surface area contributed by atoms with Crippen LogP contribution in [-0.4, -0.2) is 17.1 Å². The zero-order chi connectivity index (χ0) is 15.2. The first kappa shape index (κ1) is 14.3. The number of hydrogen-bond donors (Lipinski definition) is 4. The van der Waals surface area contributed by atoms with Crippen molar-refractivity contribution in [3.05, 3.63) is 59.9 Å². The van der Waals surface area contributed by atoms with E-state index in [4.69, 9.17) is 10.9 Å². The number of anilines is 2. The molecule has 2 rings (SSSR count). The standard InChI is InChI=1S/C14H13FN4O2/c15-10-4-2-6-12(8-10)18-14(20)17-11-5-1-3-9(7-11)13(16)19-21/h1-8,21H,(H2,16,19)(H2,17,18,20). The SMILES string of the molecule is N/C(=N/O)c1cccc(NC(=O)Nc2cccc(F)c2)c1. The van der Waals surface area contributed by atoms with E-state index in [0.29, 0.717) is 16.9 Å². The van der Waals surface area contributed by atoms with Gasteiger partial charge in [0.15, 0.2) is 5.84 Å². The number of amidine groups is 1. The first-order valence-corrected chi connectivity index (χ1v) is 6.00. The van der Waals surface area contributed by atoms with Gasteiger partial charge in [0.2, 0.25) is 0 Å². The Hall–Kier alpha value is -3.09. The number of amides is 2. The molecule has 0 radical (unpaired) electrons. The number of benzene rings is 2. The zero-order valence-electron chi connectivity index (χ0n) is 10.9. The summed E-state index contributed by atoms with van der Waals surface area (Å²) in [5.74, 6) is -0.508. The first-order chi connectivity index (χ1) is 10.1. The Labute approximate surface area is 120 Å². The molecule has 0 fully saturated rings. The van der Waals surface area contributed by atoms with Crippen molar-refractivity contribution in [2.75, 3.05) is 10.6 Å². The molecule has 0 unspecified atom stereocenters. The molecule has 2 aromatic rings. The quantitative estimate of drug-likeness (QED) is 0.302. The molecule has 2 aromatic carbocycles. The minimum Gasteiger partial charge on any atom is -0.409 e. The number of carbonyl (C=O) groups is 1. The van der Waals surface area contributed by atoms with Crippen LogP contribution in [0.4, 0.5) is 20.6 Å². The monoisotopic (exact) mass is 288 g/mol. The van der Waals surface area contributed by atoms with E-state index >= 15 is 0 Å². The van der Waals surface area contributed by atoms with Crippen LogP contribution in [0.25, 0.3) is 0 Å². The van der Waals surface area contributed by atoms with Crippen molar-refractivity contribution < 1.29 is 14.4 Å². The number of nitrogens with zero attached hydrogens (tertiary/aromatic N) is 1. The fourth-order valence-electron chi connectivity index (χ4n) is 1.67. The number of oxime groups is 1. The second-order valence-electron chi connectivity index (χ2n) is 4.16. The Morgan fingerprint density at radius 2 is 1.71 bits per heavy atom. The Kier molecular flexibility index (Phi) is 4.35. The van der Waals surface area contributed by atoms with Crippen LogP contribution in [0.15, 0.2) is 53.7 Å². The lowest BCUT2D eigenvalue weighted by Crippen LogP contribution is -2.20. The summed E-state index contributed by atoms with van der Waals surface area (Å²) in [5.41, 5.74) is 6.71. The van der Waals surface area contributed by atoms with Crippen molar-refractivity contribution in [2.45, 2.75) is 0 Å². The summed E-state index contributed by atoms with van der Waals surface area (Å²) in [6.07, 6.45) is 0. The Morgan fingerprint density at radius 1 is 1.10 bits per heavy atom. The predicted molar refractivity (Wildman–Crippen MR) is 78.0 cm³/mol. The molecule has 0 spiro atoms. The second kappa shape index (κ2) is 6.38. The minimum absolute atomic E-state index is 0.0656. The molecule has 108 valence electrons. The molecule has 0 aliphatic carbocycles. The second-order valence-corrected chi connectivity index (χ2v) is 4.16. The van der Waals surface area contributed by atoms with Crippen LogP contribution in [0.5, 0.6) is 0 Å². The molecular weight excluding hydrogens is 275 g/mol. The van der Waals surface area contributed by atoms with Gasteiger partial charge in [-0.05, 0) is 30.3 Å². The third-order valence-corrected chi connectivity index (χ3v) is 2.61. The van der Waals surface area contributed by atoms with E-state index in [0.717, 1.165) is 0 Å². The van der Waals surface area contributed by atoms with Crippen molar-refractivity contribution in [2.24, 2.45) is 10.9 Å². The average molecular weight is 288 g/mol. The number of urea groups is 1. The highest BCUT2D eigenvalue weighted by atomic mass is 19.1. The summed E-state index contributed by atoms with van der Waals surface area (Å²) in [4.78, 5) is 11.8. The normalized spacial score (nSPS) is 11.0. The van der Waals surface area contributed by atoms with Crippen LogP contribution in [-0.2, 0) is 0 Å². The third kappa shape index (κ3) is 3.93. The summed E-state index contributed by atoms with van der Waals surface area (Å²) in [6, 6.07) is 11.5. The van der Waals surface area contributed by atoms with Gasteiger partial charge in [-0.15, -0.1) is 0 Å². The van der Waals surface area contributed by atoms with Gasteiger partial charge in [0, 0.05) is 16.9 Å². The molecule has 21 heavy (non-hydrogen) atoms. The van der Waals surface area contributed by atoms with Crippen LogP contribution in [0.2, 0.25) is 0 Å². The molecule has 6 nitrogen and oxygen atoms in total. The van der Waals surface area contributed by atoms with Crippen molar-refractivity contribution in [1.82, 2.24) is 0 Å². The van der Waals surface area contributed by atoms with Gasteiger partial charge in [0.1, 0.15) is 5.82 Å². The number of rotatable bonds is 3. The Bertz CT molecular complexity index is 688. The van der Waals surface area contributed by atoms with E-state index in [1.165, 1.54) is 18.2 Å². The summed E-state index contributed by atoms with van der Waals surface area (Å²) in [6.45, 7) is 0. The molecule has 5 N–H and O–H groups in total. The summed E-state index contributed by atoms with van der Waals surface area (Å²) < 4.78 is 13.0. The van der Waals surface area contributed by atoms with E-state index < -0.39 is 11.8 Å². The Morgan fingerprint density at radius 3 is 2.33 bits per heavy atom. The summed E-state index contributed by atoms with van der Waals surface area (Å²) in [5, 5.41) is 16.5. The van der Waals surface area contributed by atoms with E-state index in [-0.39, 0.29) is 5.84 Å². The molecule has 0 bridgehead atoms. The predicted octanol–water partition coefficient (Wildman–Crippen LogP) is 2.56. The fraction of sp³-hybridized carbons (Fsp3) is 0. The van der Waals surface area contributed by atoms with E-state index in [1.54, 1.807) is 30.3 Å². The van der Waals surface area contributed by atoms with Crippen LogP contribution >= 0.6 is 0 Å². The number of nitrogens with one attached hydrogen (secondary N) is 2. The van der Waals surface area contributed by atoms with Crippen LogP contribution < -0.4 is 16.4 Å². The maximum absolute atomic E-state index is 13.0. The topological polar surface area (TPSA) is 99.7 Å². The van der Waals surface area contributed by atoms with Crippen LogP contribution in [0.1, 0.15) is 5.56 Å². The van der Waals surface area contributed by atoms with Gasteiger partial charge in [-0.25, -0.2) is 9.18 Å². The Balaban J connectivity index is 2.06. The highest BCUT2D eigenvalue weighted by Crippen LogP contribution is 2.13. The van der Waals surface area contributed by atoms with Crippen molar-refractivity contribution in [3.63, 3.8) is 0 Å². The van der Waals surface area contributed by atoms with Crippen molar-refractivity contribution in [1.29, 1.82) is 0 Å². The summed E-state index contributed by atoms with van der Waals surface area (Å²) in [7, 11) is 0. The molecule has 0 saturated carbocycles. The van der Waals surface area contributed by atoms with Crippen molar-refractivity contribution >= 4 is 23.2 Å². The highest BCUT2D eigenvalue weighted by molar-refractivity contribution is 6.02. The van der Waals surface area contributed by atoms with Gasteiger partial charge in [0.05, 0.1) is 0 Å². The molecule has 0 heterocycles. The number of carbonyl (C=O) groups excluding carboxylic acids is 1. The fourth-order valence-corrected chi connectivity index (χ4v) is 1.67. The third-order valence-electron chi connectivity index (χ3n) is 2.61. The van der Waals surface area contributed by atoms with Crippen molar-refractivity contribution in [3.8, 4) is 0 Å². The van der Waals surface area contributed by atoms with Gasteiger partial charge in [-0.3, -0.25) is 0 Å². The smallest absolute Gasteiger partial charge is 0.323 e. The molecular formula is C14H13FN4O2. The van der Waals surface area contributed by atoms with Gasteiger partial charge >= 0.3 is 6.03 Å². The van der Waals surface area contributed by atoms with Gasteiger partial charge < -0.3 is 21.6 Å². The maximum Gasteiger partial charge on any atom is 0.323 e. The number of hydrogen-bond acceptors (Lipinski definition) is 3. The number of halogens is 1. The molecule has 0 saturated heterocycles. The molecule has 0 aliphatic heterocycles. The maximum atomic E-state index is 13.0. The average Bonchev–Trinajstić information content (AvgIpc) is 2.46. The first-order valence-electron chi connectivity index (χ1n) is 6.00. The van der Waals surface area contributed by atoms with Crippen LogP contribution in [0.3, 0.4) is 0 Å². The molecule has 0 aromatic heterocycles.